The maximum atomic E-state index is 13.2. The van der Waals surface area contributed by atoms with Crippen LogP contribution in [0, 0.1) is 6.92 Å². The SMILES string of the molecule is Cc1ccc(C2(C)NC(=O)N(CC(=O)N(Cc3cccs3)Cc3cccs3)C2=O)cc1. The van der Waals surface area contributed by atoms with Gasteiger partial charge in [0.05, 0.1) is 13.1 Å². The number of amides is 4. The molecular weight excluding hydrogens is 430 g/mol. The Morgan fingerprint density at radius 1 is 1.00 bits per heavy atom. The Bertz CT molecular complexity index is 1040. The molecule has 1 aliphatic rings. The summed E-state index contributed by atoms with van der Waals surface area (Å²) < 4.78 is 0. The average Bonchev–Trinajstić information content (AvgIpc) is 3.48. The third-order valence-corrected chi connectivity index (χ3v) is 7.13. The molecule has 4 amide bonds. The Morgan fingerprint density at radius 3 is 2.10 bits per heavy atom. The molecule has 1 N–H and O–H groups in total. The molecule has 4 rings (SSSR count). The van der Waals surface area contributed by atoms with E-state index in [4.69, 9.17) is 0 Å². The number of benzene rings is 1. The smallest absolute Gasteiger partial charge is 0.325 e. The van der Waals surface area contributed by atoms with Gasteiger partial charge in [-0.05, 0) is 42.3 Å². The van der Waals surface area contributed by atoms with Crippen LogP contribution in [0.25, 0.3) is 0 Å². The Balaban J connectivity index is 1.52. The predicted octanol–water partition coefficient (Wildman–Crippen LogP) is 4.11. The summed E-state index contributed by atoms with van der Waals surface area (Å²) in [5.41, 5.74) is 0.576. The highest BCUT2D eigenvalue weighted by molar-refractivity contribution is 7.10. The van der Waals surface area contributed by atoms with Crippen LogP contribution in [0.2, 0.25) is 0 Å². The van der Waals surface area contributed by atoms with Crippen LogP contribution in [0.4, 0.5) is 4.79 Å². The molecule has 6 nitrogen and oxygen atoms in total. The fourth-order valence-electron chi connectivity index (χ4n) is 3.57. The van der Waals surface area contributed by atoms with Crippen molar-refractivity contribution in [1.29, 1.82) is 0 Å². The first kappa shape index (κ1) is 21.3. The topological polar surface area (TPSA) is 69.7 Å². The fraction of sp³-hybridized carbons (Fsp3) is 0.261. The van der Waals surface area contributed by atoms with E-state index in [0.29, 0.717) is 18.7 Å². The van der Waals surface area contributed by atoms with Gasteiger partial charge in [-0.2, -0.15) is 0 Å². The minimum absolute atomic E-state index is 0.265. The number of urea groups is 1. The zero-order valence-electron chi connectivity index (χ0n) is 17.3. The molecule has 3 heterocycles. The summed E-state index contributed by atoms with van der Waals surface area (Å²) in [5.74, 6) is -0.680. The maximum absolute atomic E-state index is 13.2. The van der Waals surface area contributed by atoms with Crippen molar-refractivity contribution in [2.75, 3.05) is 6.54 Å². The van der Waals surface area contributed by atoms with E-state index in [-0.39, 0.29) is 12.5 Å². The number of rotatable bonds is 7. The lowest BCUT2D eigenvalue weighted by Crippen LogP contribution is -2.44. The van der Waals surface area contributed by atoms with Gasteiger partial charge in [-0.1, -0.05) is 42.0 Å². The molecule has 0 aliphatic carbocycles. The Labute approximate surface area is 189 Å². The molecule has 1 unspecified atom stereocenters. The minimum atomic E-state index is -1.18. The van der Waals surface area contributed by atoms with E-state index in [1.807, 2.05) is 66.2 Å². The van der Waals surface area contributed by atoms with Crippen LogP contribution in [-0.4, -0.2) is 34.2 Å². The van der Waals surface area contributed by atoms with Crippen molar-refractivity contribution < 1.29 is 14.4 Å². The lowest BCUT2D eigenvalue weighted by molar-refractivity contribution is -0.139. The molecule has 0 radical (unpaired) electrons. The highest BCUT2D eigenvalue weighted by atomic mass is 32.1. The van der Waals surface area contributed by atoms with Crippen LogP contribution in [0.5, 0.6) is 0 Å². The summed E-state index contributed by atoms with van der Waals surface area (Å²) in [7, 11) is 0. The molecule has 1 atom stereocenters. The third kappa shape index (κ3) is 4.40. The Hall–Kier alpha value is -2.97. The lowest BCUT2D eigenvalue weighted by Gasteiger charge is -2.25. The summed E-state index contributed by atoms with van der Waals surface area (Å²) >= 11 is 3.15. The number of nitrogens with one attached hydrogen (secondary N) is 1. The summed E-state index contributed by atoms with van der Waals surface area (Å²) in [4.78, 5) is 43.9. The van der Waals surface area contributed by atoms with E-state index >= 15 is 0 Å². The molecule has 1 fully saturated rings. The van der Waals surface area contributed by atoms with Gasteiger partial charge in [0.1, 0.15) is 12.1 Å². The van der Waals surface area contributed by atoms with Crippen LogP contribution in [0.3, 0.4) is 0 Å². The first-order chi connectivity index (χ1) is 14.9. The van der Waals surface area contributed by atoms with E-state index in [1.54, 1.807) is 34.5 Å². The standard InChI is InChI=1S/C23H23N3O3S2/c1-16-7-9-17(10-8-16)23(2)21(28)26(22(29)24-23)15-20(27)25(13-18-5-3-11-30-18)14-19-6-4-12-31-19/h3-12H,13-15H2,1-2H3,(H,24,29). The second kappa shape index (κ2) is 8.64. The predicted molar refractivity (Wildman–Crippen MR) is 122 cm³/mol. The second-order valence-corrected chi connectivity index (χ2v) is 9.79. The first-order valence-corrected chi connectivity index (χ1v) is 11.7. The number of aryl methyl sites for hydroxylation is 1. The molecule has 31 heavy (non-hydrogen) atoms. The molecule has 1 aliphatic heterocycles. The van der Waals surface area contributed by atoms with Gasteiger partial charge >= 0.3 is 6.03 Å². The van der Waals surface area contributed by atoms with E-state index in [0.717, 1.165) is 20.2 Å². The van der Waals surface area contributed by atoms with Crippen molar-refractivity contribution in [2.45, 2.75) is 32.5 Å². The third-order valence-electron chi connectivity index (χ3n) is 5.40. The Kier molecular flexibility index (Phi) is 5.93. The number of nitrogens with zero attached hydrogens (tertiary/aromatic N) is 2. The van der Waals surface area contributed by atoms with Gasteiger partial charge in [0.2, 0.25) is 5.91 Å². The average molecular weight is 454 g/mol. The molecule has 160 valence electrons. The van der Waals surface area contributed by atoms with Crippen molar-refractivity contribution >= 4 is 40.5 Å². The van der Waals surface area contributed by atoms with Gasteiger partial charge in [-0.25, -0.2) is 4.79 Å². The zero-order valence-corrected chi connectivity index (χ0v) is 19.0. The molecule has 1 aromatic carbocycles. The molecule has 1 saturated heterocycles. The molecule has 3 aromatic rings. The number of carbonyl (C=O) groups is 3. The lowest BCUT2D eigenvalue weighted by atomic mass is 9.91. The molecular formula is C23H23N3O3S2. The van der Waals surface area contributed by atoms with Crippen LogP contribution in [-0.2, 0) is 28.2 Å². The summed E-state index contributed by atoms with van der Waals surface area (Å²) in [6, 6.07) is 14.8. The van der Waals surface area contributed by atoms with Crippen LogP contribution >= 0.6 is 22.7 Å². The minimum Gasteiger partial charge on any atom is -0.331 e. The van der Waals surface area contributed by atoms with E-state index in [1.165, 1.54) is 0 Å². The van der Waals surface area contributed by atoms with E-state index in [9.17, 15) is 14.4 Å². The number of imide groups is 1. The van der Waals surface area contributed by atoms with Crippen molar-refractivity contribution in [3.63, 3.8) is 0 Å². The number of hydrogen-bond donors (Lipinski definition) is 1. The van der Waals surface area contributed by atoms with Crippen LogP contribution < -0.4 is 5.32 Å². The second-order valence-electron chi connectivity index (χ2n) is 7.72. The Morgan fingerprint density at radius 2 is 1.58 bits per heavy atom. The molecule has 2 aromatic heterocycles. The summed E-state index contributed by atoms with van der Waals surface area (Å²) in [5, 5.41) is 6.70. The van der Waals surface area contributed by atoms with Gasteiger partial charge in [0, 0.05) is 9.75 Å². The van der Waals surface area contributed by atoms with E-state index in [2.05, 4.69) is 5.32 Å². The fourth-order valence-corrected chi connectivity index (χ4v) is 5.01. The van der Waals surface area contributed by atoms with Crippen molar-refractivity contribution in [3.05, 3.63) is 80.2 Å². The number of carbonyl (C=O) groups excluding carboxylic acids is 3. The largest absolute Gasteiger partial charge is 0.331 e. The number of hydrogen-bond acceptors (Lipinski definition) is 5. The highest BCUT2D eigenvalue weighted by Gasteiger charge is 2.49. The summed E-state index contributed by atoms with van der Waals surface area (Å²) in [6.45, 7) is 4.22. The van der Waals surface area contributed by atoms with Crippen LogP contribution in [0.15, 0.2) is 59.3 Å². The monoisotopic (exact) mass is 453 g/mol. The quantitative estimate of drug-likeness (QED) is 0.547. The van der Waals surface area contributed by atoms with Gasteiger partial charge in [0.25, 0.3) is 5.91 Å². The van der Waals surface area contributed by atoms with Gasteiger partial charge in [-0.15, -0.1) is 22.7 Å². The van der Waals surface area contributed by atoms with Crippen LogP contribution in [0.1, 0.15) is 27.8 Å². The van der Waals surface area contributed by atoms with Gasteiger partial charge in [0.15, 0.2) is 0 Å². The summed E-state index contributed by atoms with van der Waals surface area (Å²) in [6.07, 6.45) is 0. The molecule has 0 bridgehead atoms. The van der Waals surface area contributed by atoms with Crippen molar-refractivity contribution in [2.24, 2.45) is 0 Å². The van der Waals surface area contributed by atoms with Crippen molar-refractivity contribution in [3.8, 4) is 0 Å². The van der Waals surface area contributed by atoms with Gasteiger partial charge < -0.3 is 10.2 Å². The number of thiophene rings is 2. The van der Waals surface area contributed by atoms with Crippen molar-refractivity contribution in [1.82, 2.24) is 15.1 Å². The zero-order chi connectivity index (χ0) is 22.0. The van der Waals surface area contributed by atoms with E-state index < -0.39 is 17.5 Å². The molecule has 8 heteroatoms. The first-order valence-electron chi connectivity index (χ1n) is 9.90. The van der Waals surface area contributed by atoms with Gasteiger partial charge in [-0.3, -0.25) is 14.5 Å². The molecule has 0 saturated carbocycles. The molecule has 0 spiro atoms. The maximum Gasteiger partial charge on any atom is 0.325 e. The normalized spacial score (nSPS) is 18.3. The highest BCUT2D eigenvalue weighted by Crippen LogP contribution is 2.29.